The second-order valence-electron chi connectivity index (χ2n) is 8.90. The van der Waals surface area contributed by atoms with E-state index in [0.29, 0.717) is 6.54 Å². The van der Waals surface area contributed by atoms with Gasteiger partial charge in [-0.2, -0.15) is 0 Å². The number of esters is 1. The number of nitrogens with two attached hydrogens (primary N) is 1. The maximum Gasteiger partial charge on any atom is 0.330 e. The van der Waals surface area contributed by atoms with Crippen LogP contribution in [0.3, 0.4) is 0 Å². The average molecular weight is 538 g/mol. The van der Waals surface area contributed by atoms with Crippen molar-refractivity contribution in [2.24, 2.45) is 11.7 Å². The maximum atomic E-state index is 13.3. The first-order valence-electron chi connectivity index (χ1n) is 11.7. The Hall–Kier alpha value is -3.19. The van der Waals surface area contributed by atoms with Crippen molar-refractivity contribution in [1.82, 2.24) is 4.57 Å². The van der Waals surface area contributed by atoms with Crippen LogP contribution >= 0.6 is 0 Å². The molecule has 1 saturated carbocycles. The van der Waals surface area contributed by atoms with Crippen molar-refractivity contribution in [3.63, 3.8) is 0 Å². The second kappa shape index (κ2) is 11.5. The number of ether oxygens (including phenoxy) is 1. The van der Waals surface area contributed by atoms with Gasteiger partial charge in [-0.25, -0.2) is 13.9 Å². The number of hydrogen-bond donors (Lipinski definition) is 1. The van der Waals surface area contributed by atoms with Crippen LogP contribution in [0.15, 0.2) is 85.2 Å². The largest absolute Gasteiger partial charge is 1.00 e. The van der Waals surface area contributed by atoms with Crippen molar-refractivity contribution in [1.29, 1.82) is 0 Å². The third-order valence-electron chi connectivity index (χ3n) is 7.21. The Morgan fingerprint density at radius 2 is 1.69 bits per heavy atom. The first kappa shape index (κ1) is 26.4. The molecule has 6 nitrogen and oxygen atoms in total. The lowest BCUT2D eigenvalue weighted by molar-refractivity contribution is -0.692. The van der Waals surface area contributed by atoms with Crippen LogP contribution in [-0.2, 0) is 26.3 Å². The molecule has 2 N–H and O–H groups in total. The molecule has 1 fully saturated rings. The van der Waals surface area contributed by atoms with E-state index in [0.717, 1.165) is 36.2 Å². The molecule has 2 aromatic carbocycles. The average Bonchev–Trinajstić information content (AvgIpc) is 3.48. The molecule has 2 atom stereocenters. The van der Waals surface area contributed by atoms with Gasteiger partial charge in [-0.15, -0.1) is 0 Å². The standard InChI is InChI=1S/C28H31N3O3.BrH/c1-21-30(17-9-14-26(32)34-2)18-19-31(21)25-16-15-24(20-25)28(27(29)33,22-10-5-3-6-11-22)23-12-7-4-8-13-23;/h3-14,18-19,24-25H,15-17,20H2,1-2H3,(H-,29,33);1H/t24-,25+;/m1./s1. The highest BCUT2D eigenvalue weighted by Crippen LogP contribution is 2.49. The summed E-state index contributed by atoms with van der Waals surface area (Å²) in [5, 5.41) is 0. The van der Waals surface area contributed by atoms with E-state index >= 15 is 0 Å². The molecule has 0 saturated heterocycles. The third-order valence-corrected chi connectivity index (χ3v) is 7.21. The summed E-state index contributed by atoms with van der Waals surface area (Å²) >= 11 is 0. The summed E-state index contributed by atoms with van der Waals surface area (Å²) in [5.41, 5.74) is 7.25. The number of carbonyl (C=O) groups excluding carboxylic acids is 2. The van der Waals surface area contributed by atoms with Crippen LogP contribution in [0.2, 0.25) is 0 Å². The Morgan fingerprint density at radius 3 is 2.23 bits per heavy atom. The Balaban J connectivity index is 0.00000342. The van der Waals surface area contributed by atoms with Gasteiger partial charge < -0.3 is 27.5 Å². The minimum Gasteiger partial charge on any atom is -1.00 e. The van der Waals surface area contributed by atoms with E-state index in [-0.39, 0.29) is 40.8 Å². The summed E-state index contributed by atoms with van der Waals surface area (Å²) in [7, 11) is 1.37. The Morgan fingerprint density at radius 1 is 1.09 bits per heavy atom. The van der Waals surface area contributed by atoms with E-state index in [1.165, 1.54) is 13.2 Å². The molecule has 7 heteroatoms. The monoisotopic (exact) mass is 537 g/mol. The van der Waals surface area contributed by atoms with E-state index in [1.807, 2.05) is 66.9 Å². The Bertz CT molecular complexity index is 1140. The van der Waals surface area contributed by atoms with Crippen molar-refractivity contribution in [3.8, 4) is 0 Å². The highest BCUT2D eigenvalue weighted by atomic mass is 79.9. The van der Waals surface area contributed by atoms with Crippen molar-refractivity contribution >= 4 is 11.9 Å². The molecule has 0 unspecified atom stereocenters. The molecular weight excluding hydrogens is 506 g/mol. The molecule has 0 aliphatic heterocycles. The van der Waals surface area contributed by atoms with Gasteiger partial charge in [-0.3, -0.25) is 4.79 Å². The van der Waals surface area contributed by atoms with Gasteiger partial charge >= 0.3 is 5.97 Å². The number of primary amides is 1. The van der Waals surface area contributed by atoms with Crippen molar-refractivity contribution < 1.29 is 35.9 Å². The number of aromatic nitrogens is 2. The number of carbonyl (C=O) groups is 2. The van der Waals surface area contributed by atoms with Crippen LogP contribution < -0.4 is 27.3 Å². The lowest BCUT2D eigenvalue weighted by atomic mass is 9.64. The normalized spacial score (nSPS) is 17.8. The number of rotatable bonds is 8. The van der Waals surface area contributed by atoms with E-state index in [9.17, 15) is 9.59 Å². The van der Waals surface area contributed by atoms with Crippen molar-refractivity contribution in [2.75, 3.05) is 7.11 Å². The zero-order valence-corrected chi connectivity index (χ0v) is 21.7. The van der Waals surface area contributed by atoms with E-state index < -0.39 is 5.41 Å². The van der Waals surface area contributed by atoms with Crippen LogP contribution in [0.1, 0.15) is 42.3 Å². The molecule has 1 heterocycles. The first-order chi connectivity index (χ1) is 16.5. The number of halogens is 1. The van der Waals surface area contributed by atoms with Gasteiger partial charge in [0.15, 0.2) is 0 Å². The number of benzene rings is 2. The zero-order chi connectivity index (χ0) is 24.1. The summed E-state index contributed by atoms with van der Waals surface area (Å²) in [6.45, 7) is 2.67. The number of methoxy groups -OCH3 is 1. The number of imidazole rings is 1. The van der Waals surface area contributed by atoms with Gasteiger partial charge in [0.1, 0.15) is 30.4 Å². The fourth-order valence-electron chi connectivity index (χ4n) is 5.56. The first-order valence-corrected chi connectivity index (χ1v) is 11.7. The Labute approximate surface area is 217 Å². The molecule has 1 aliphatic rings. The smallest absolute Gasteiger partial charge is 0.330 e. The topological polar surface area (TPSA) is 78.2 Å². The second-order valence-corrected chi connectivity index (χ2v) is 8.90. The van der Waals surface area contributed by atoms with Gasteiger partial charge in [0.2, 0.25) is 5.91 Å². The summed E-state index contributed by atoms with van der Waals surface area (Å²) in [6, 6.07) is 20.2. The molecule has 35 heavy (non-hydrogen) atoms. The predicted octanol–water partition coefficient (Wildman–Crippen LogP) is 0.630. The lowest BCUT2D eigenvalue weighted by Crippen LogP contribution is -3.00. The maximum absolute atomic E-state index is 13.3. The minimum atomic E-state index is -0.877. The molecule has 0 radical (unpaired) electrons. The zero-order valence-electron chi connectivity index (χ0n) is 20.1. The molecule has 0 spiro atoms. The molecule has 0 bridgehead atoms. The number of nitrogens with zero attached hydrogens (tertiary/aromatic N) is 2. The third kappa shape index (κ3) is 5.10. The highest BCUT2D eigenvalue weighted by molar-refractivity contribution is 5.91. The predicted molar refractivity (Wildman–Crippen MR) is 130 cm³/mol. The van der Waals surface area contributed by atoms with Gasteiger partial charge in [0.05, 0.1) is 7.11 Å². The van der Waals surface area contributed by atoms with Gasteiger partial charge in [0.25, 0.3) is 5.82 Å². The van der Waals surface area contributed by atoms with Crippen molar-refractivity contribution in [3.05, 3.63) is 102 Å². The van der Waals surface area contributed by atoms with Crippen LogP contribution in [0.25, 0.3) is 0 Å². The fraction of sp³-hybridized carbons (Fsp3) is 0.321. The van der Waals surface area contributed by atoms with Crippen LogP contribution in [0.5, 0.6) is 0 Å². The molecule has 1 amide bonds. The van der Waals surface area contributed by atoms with Crippen LogP contribution in [0, 0.1) is 12.8 Å². The van der Waals surface area contributed by atoms with Crippen molar-refractivity contribution in [2.45, 2.75) is 44.2 Å². The summed E-state index contributed by atoms with van der Waals surface area (Å²) in [5.74, 6) is 0.516. The SMILES string of the molecule is COC(=O)C=CC[n+]1ccn([C@H]2CC[C@@H](C(C(N)=O)(c3ccccc3)c3ccccc3)C2)c1C.[Br-]. The summed E-state index contributed by atoms with van der Waals surface area (Å²) in [4.78, 5) is 24.6. The van der Waals surface area contributed by atoms with E-state index in [1.54, 1.807) is 6.08 Å². The number of amides is 1. The van der Waals surface area contributed by atoms with Gasteiger partial charge in [-0.05, 0) is 42.4 Å². The van der Waals surface area contributed by atoms with Gasteiger partial charge in [0, 0.05) is 13.0 Å². The van der Waals surface area contributed by atoms with E-state index in [2.05, 4.69) is 27.0 Å². The molecule has 1 aliphatic carbocycles. The summed E-state index contributed by atoms with van der Waals surface area (Å²) in [6.07, 6.45) is 10.1. The van der Waals surface area contributed by atoms with Crippen LogP contribution in [-0.4, -0.2) is 23.6 Å². The molecule has 1 aromatic heterocycles. The lowest BCUT2D eigenvalue weighted by Gasteiger charge is -2.37. The van der Waals surface area contributed by atoms with Crippen LogP contribution in [0.4, 0.5) is 0 Å². The fourth-order valence-corrected chi connectivity index (χ4v) is 5.56. The minimum absolute atomic E-state index is 0. The van der Waals surface area contributed by atoms with E-state index in [4.69, 9.17) is 5.73 Å². The van der Waals surface area contributed by atoms with Gasteiger partial charge in [-0.1, -0.05) is 60.7 Å². The Kier molecular flexibility index (Phi) is 8.67. The molecular formula is C28H32BrN3O3. The number of hydrogen-bond acceptors (Lipinski definition) is 3. The molecule has 3 aromatic rings. The highest BCUT2D eigenvalue weighted by Gasteiger charge is 2.51. The number of allylic oxidation sites excluding steroid dienone is 1. The molecule has 184 valence electrons. The summed E-state index contributed by atoms with van der Waals surface area (Å²) < 4.78 is 9.05. The quantitative estimate of drug-likeness (QED) is 0.260. The molecule has 4 rings (SSSR count).